The van der Waals surface area contributed by atoms with Crippen LogP contribution in [0, 0.1) is 0 Å². The zero-order valence-corrected chi connectivity index (χ0v) is 14.6. The van der Waals surface area contributed by atoms with Crippen molar-refractivity contribution in [3.8, 4) is 5.75 Å². The minimum Gasteiger partial charge on any atom is -0.494 e. The lowest BCUT2D eigenvalue weighted by atomic mass is 10.3. The second kappa shape index (κ2) is 7.94. The lowest BCUT2D eigenvalue weighted by molar-refractivity contribution is 0.102. The molecule has 0 bridgehead atoms. The average Bonchev–Trinajstić information content (AvgIpc) is 2.64. The van der Waals surface area contributed by atoms with E-state index in [0.717, 1.165) is 37.7 Å². The number of benzene rings is 1. The molecule has 1 aromatic carbocycles. The summed E-state index contributed by atoms with van der Waals surface area (Å²) in [5.41, 5.74) is 0.991. The van der Waals surface area contributed by atoms with Crippen molar-refractivity contribution >= 4 is 17.4 Å². The molecule has 1 N–H and O–H groups in total. The molecule has 0 atom stereocenters. The van der Waals surface area contributed by atoms with E-state index in [1.807, 2.05) is 19.1 Å². The molecule has 2 aromatic rings. The zero-order chi connectivity index (χ0) is 17.6. The molecular weight excluding hydrogens is 318 g/mol. The van der Waals surface area contributed by atoms with Crippen molar-refractivity contribution < 1.29 is 9.53 Å². The van der Waals surface area contributed by atoms with Crippen molar-refractivity contribution in [3.63, 3.8) is 0 Å². The van der Waals surface area contributed by atoms with Crippen LogP contribution < -0.4 is 15.0 Å². The number of piperazine rings is 1. The summed E-state index contributed by atoms with van der Waals surface area (Å²) >= 11 is 0. The van der Waals surface area contributed by atoms with Crippen LogP contribution in [0.2, 0.25) is 0 Å². The standard InChI is InChI=1S/C18H23N5O2/c1-3-25-15-6-4-14(5-7-15)21-18(24)16-12-20-17(13-19-16)23-10-8-22(2)9-11-23/h4-7,12-13H,3,8-11H2,1-2H3,(H,21,24). The summed E-state index contributed by atoms with van der Waals surface area (Å²) in [6, 6.07) is 7.24. The van der Waals surface area contributed by atoms with Gasteiger partial charge in [-0.25, -0.2) is 9.97 Å². The van der Waals surface area contributed by atoms with Crippen molar-refractivity contribution in [2.45, 2.75) is 6.92 Å². The number of hydrogen-bond donors (Lipinski definition) is 1. The van der Waals surface area contributed by atoms with Gasteiger partial charge in [-0.1, -0.05) is 0 Å². The van der Waals surface area contributed by atoms with Crippen LogP contribution >= 0.6 is 0 Å². The Morgan fingerprint density at radius 1 is 1.12 bits per heavy atom. The van der Waals surface area contributed by atoms with Crippen LogP contribution in [-0.4, -0.2) is 60.6 Å². The summed E-state index contributed by atoms with van der Waals surface area (Å²) in [6.07, 6.45) is 3.19. The highest BCUT2D eigenvalue weighted by atomic mass is 16.5. The number of nitrogens with zero attached hydrogens (tertiary/aromatic N) is 4. The van der Waals surface area contributed by atoms with Crippen LogP contribution in [0.15, 0.2) is 36.7 Å². The van der Waals surface area contributed by atoms with Gasteiger partial charge in [0.05, 0.1) is 19.0 Å². The molecule has 0 spiro atoms. The smallest absolute Gasteiger partial charge is 0.275 e. The maximum absolute atomic E-state index is 12.3. The van der Waals surface area contributed by atoms with Crippen molar-refractivity contribution in [1.29, 1.82) is 0 Å². The van der Waals surface area contributed by atoms with E-state index in [0.29, 0.717) is 18.0 Å². The minimum atomic E-state index is -0.276. The summed E-state index contributed by atoms with van der Waals surface area (Å²) in [4.78, 5) is 25.4. The number of amides is 1. The molecule has 1 amide bonds. The van der Waals surface area contributed by atoms with Gasteiger partial charge >= 0.3 is 0 Å². The molecule has 25 heavy (non-hydrogen) atoms. The van der Waals surface area contributed by atoms with Crippen molar-refractivity contribution in [1.82, 2.24) is 14.9 Å². The number of ether oxygens (including phenoxy) is 1. The third-order valence-corrected chi connectivity index (χ3v) is 4.12. The van der Waals surface area contributed by atoms with Gasteiger partial charge in [0.1, 0.15) is 17.3 Å². The first-order chi connectivity index (χ1) is 12.2. The molecule has 0 aliphatic carbocycles. The van der Waals surface area contributed by atoms with Crippen LogP contribution in [0.25, 0.3) is 0 Å². The third kappa shape index (κ3) is 4.45. The topological polar surface area (TPSA) is 70.6 Å². The average molecular weight is 341 g/mol. The summed E-state index contributed by atoms with van der Waals surface area (Å²) < 4.78 is 5.39. The maximum Gasteiger partial charge on any atom is 0.275 e. The number of carbonyl (C=O) groups excluding carboxylic acids is 1. The fourth-order valence-electron chi connectivity index (χ4n) is 2.63. The van der Waals surface area contributed by atoms with Crippen LogP contribution in [0.4, 0.5) is 11.5 Å². The fraction of sp³-hybridized carbons (Fsp3) is 0.389. The molecule has 1 aliphatic heterocycles. The second-order valence-electron chi connectivity index (χ2n) is 5.96. The lowest BCUT2D eigenvalue weighted by Crippen LogP contribution is -2.44. The molecular formula is C18H23N5O2. The van der Waals surface area contributed by atoms with Gasteiger partial charge < -0.3 is 19.9 Å². The van der Waals surface area contributed by atoms with E-state index in [2.05, 4.69) is 32.1 Å². The van der Waals surface area contributed by atoms with Crippen molar-refractivity contribution in [3.05, 3.63) is 42.4 Å². The van der Waals surface area contributed by atoms with E-state index in [-0.39, 0.29) is 5.91 Å². The first-order valence-corrected chi connectivity index (χ1v) is 8.45. The van der Waals surface area contributed by atoms with Gasteiger partial charge in [0.25, 0.3) is 5.91 Å². The van der Waals surface area contributed by atoms with Gasteiger partial charge in [-0.3, -0.25) is 4.79 Å². The van der Waals surface area contributed by atoms with E-state index >= 15 is 0 Å². The molecule has 1 saturated heterocycles. The number of rotatable bonds is 5. The normalized spacial score (nSPS) is 15.0. The molecule has 0 radical (unpaired) electrons. The van der Waals surface area contributed by atoms with Crippen LogP contribution in [0.5, 0.6) is 5.75 Å². The molecule has 1 aliphatic rings. The Bertz CT molecular complexity index is 694. The Balaban J connectivity index is 1.60. The van der Waals surface area contributed by atoms with Gasteiger partial charge in [0, 0.05) is 31.9 Å². The highest BCUT2D eigenvalue weighted by Gasteiger charge is 2.16. The SMILES string of the molecule is CCOc1ccc(NC(=O)c2cnc(N3CCN(C)CC3)cn2)cc1. The van der Waals surface area contributed by atoms with Crippen molar-refractivity contribution in [2.24, 2.45) is 0 Å². The van der Waals surface area contributed by atoms with Gasteiger partial charge in [0.15, 0.2) is 0 Å². The number of carbonyl (C=O) groups is 1. The molecule has 7 nitrogen and oxygen atoms in total. The van der Waals surface area contributed by atoms with Crippen LogP contribution in [0.1, 0.15) is 17.4 Å². The second-order valence-corrected chi connectivity index (χ2v) is 5.96. The summed E-state index contributed by atoms with van der Waals surface area (Å²) in [5, 5.41) is 2.82. The molecule has 0 unspecified atom stereocenters. The van der Waals surface area contributed by atoms with E-state index in [4.69, 9.17) is 4.74 Å². The highest BCUT2D eigenvalue weighted by molar-refractivity contribution is 6.02. The lowest BCUT2D eigenvalue weighted by Gasteiger charge is -2.32. The Morgan fingerprint density at radius 2 is 1.84 bits per heavy atom. The predicted octanol–water partition coefficient (Wildman–Crippen LogP) is 1.88. The Kier molecular flexibility index (Phi) is 5.45. The highest BCUT2D eigenvalue weighted by Crippen LogP contribution is 2.17. The summed E-state index contributed by atoms with van der Waals surface area (Å²) in [5.74, 6) is 1.31. The number of likely N-dealkylation sites (N-methyl/N-ethyl adjacent to an activating group) is 1. The molecule has 0 saturated carbocycles. The fourth-order valence-corrected chi connectivity index (χ4v) is 2.63. The molecule has 3 rings (SSSR count). The molecule has 2 heterocycles. The van der Waals surface area contributed by atoms with Gasteiger partial charge in [-0.15, -0.1) is 0 Å². The molecule has 132 valence electrons. The van der Waals surface area contributed by atoms with E-state index in [1.165, 1.54) is 6.20 Å². The first kappa shape index (κ1) is 17.2. The van der Waals surface area contributed by atoms with E-state index in [9.17, 15) is 4.79 Å². The zero-order valence-electron chi connectivity index (χ0n) is 14.6. The minimum absolute atomic E-state index is 0.276. The third-order valence-electron chi connectivity index (χ3n) is 4.12. The number of anilines is 2. The molecule has 1 aromatic heterocycles. The summed E-state index contributed by atoms with van der Waals surface area (Å²) in [7, 11) is 2.11. The summed E-state index contributed by atoms with van der Waals surface area (Å²) in [6.45, 7) is 6.39. The molecule has 7 heteroatoms. The number of hydrogen-bond acceptors (Lipinski definition) is 6. The van der Waals surface area contributed by atoms with Crippen LogP contribution in [0.3, 0.4) is 0 Å². The van der Waals surface area contributed by atoms with Gasteiger partial charge in [-0.05, 0) is 38.2 Å². The van der Waals surface area contributed by atoms with Gasteiger partial charge in [-0.2, -0.15) is 0 Å². The predicted molar refractivity (Wildman–Crippen MR) is 97.3 cm³/mol. The Morgan fingerprint density at radius 3 is 2.44 bits per heavy atom. The molecule has 1 fully saturated rings. The van der Waals surface area contributed by atoms with E-state index in [1.54, 1.807) is 18.3 Å². The van der Waals surface area contributed by atoms with E-state index < -0.39 is 0 Å². The monoisotopic (exact) mass is 341 g/mol. The Labute approximate surface area is 147 Å². The number of aromatic nitrogens is 2. The van der Waals surface area contributed by atoms with Crippen molar-refractivity contribution in [2.75, 3.05) is 50.1 Å². The largest absolute Gasteiger partial charge is 0.494 e. The maximum atomic E-state index is 12.3. The Hall–Kier alpha value is -2.67. The van der Waals surface area contributed by atoms with Crippen LogP contribution in [-0.2, 0) is 0 Å². The van der Waals surface area contributed by atoms with Gasteiger partial charge in [0.2, 0.25) is 0 Å². The quantitative estimate of drug-likeness (QED) is 0.895. The first-order valence-electron chi connectivity index (χ1n) is 8.45. The number of nitrogens with one attached hydrogen (secondary N) is 1.